The Labute approximate surface area is 91.6 Å². The minimum absolute atomic E-state index is 0. The van der Waals surface area contributed by atoms with Gasteiger partial charge in [0.05, 0.1) is 7.11 Å². The van der Waals surface area contributed by atoms with Gasteiger partial charge in [0.25, 0.3) is 0 Å². The third-order valence-corrected chi connectivity index (χ3v) is 2.12. The highest BCUT2D eigenvalue weighted by Crippen LogP contribution is 2.02. The first-order chi connectivity index (χ1) is 7.13. The first kappa shape index (κ1) is 11.7. The summed E-state index contributed by atoms with van der Waals surface area (Å²) in [7, 11) is -0.0900. The van der Waals surface area contributed by atoms with Gasteiger partial charge < -0.3 is 14.8 Å². The molecule has 1 aromatic rings. The van der Waals surface area contributed by atoms with Gasteiger partial charge in [-0.15, -0.1) is 0 Å². The van der Waals surface area contributed by atoms with Crippen LogP contribution in [0, 0.1) is 0 Å². The van der Waals surface area contributed by atoms with Crippen LogP contribution in [0.5, 0.6) is 0 Å². The first-order valence-corrected chi connectivity index (χ1v) is 4.65. The molecule has 2 N–H and O–H groups in total. The van der Waals surface area contributed by atoms with Crippen molar-refractivity contribution in [2.45, 2.75) is 12.8 Å². The highest BCUT2D eigenvalue weighted by atomic mass is 16.5. The highest BCUT2D eigenvalue weighted by Gasteiger charge is 2.09. The molecular formula is C10H17BO4. The molecule has 0 aliphatic carbocycles. The van der Waals surface area contributed by atoms with Crippen LogP contribution in [0.15, 0.2) is 24.3 Å². The molecule has 0 aliphatic heterocycles. The molecule has 0 saturated carbocycles. The Morgan fingerprint density at radius 2 is 2.00 bits per heavy atom. The van der Waals surface area contributed by atoms with E-state index in [0.717, 1.165) is 5.56 Å². The molecule has 0 atom stereocenters. The lowest BCUT2D eigenvalue weighted by Crippen LogP contribution is -2.29. The third-order valence-electron chi connectivity index (χ3n) is 2.12. The molecule has 0 unspecified atom stereocenters. The Bertz CT molecular complexity index is 330. The average Bonchev–Trinajstić information content (AvgIpc) is 2.26. The largest absolute Gasteiger partial charge is 0.488 e. The Hall–Kier alpha value is -1.33. The van der Waals surface area contributed by atoms with Crippen molar-refractivity contribution in [3.63, 3.8) is 0 Å². The highest BCUT2D eigenvalue weighted by molar-refractivity contribution is 6.58. The van der Waals surface area contributed by atoms with Crippen LogP contribution in [-0.2, 0) is 16.0 Å². The summed E-state index contributed by atoms with van der Waals surface area (Å²) >= 11 is 0. The number of benzene rings is 1. The molecule has 84 valence electrons. The predicted molar refractivity (Wildman–Crippen MR) is 60.8 cm³/mol. The molecule has 4 nitrogen and oxygen atoms in total. The normalized spacial score (nSPS) is 9.80. The summed E-state index contributed by atoms with van der Waals surface area (Å²) in [6.45, 7) is 0. The van der Waals surface area contributed by atoms with Gasteiger partial charge in [-0.25, -0.2) is 0 Å². The summed E-state index contributed by atoms with van der Waals surface area (Å²) < 4.78 is 4.51. The second-order valence-corrected chi connectivity index (χ2v) is 3.19. The minimum Gasteiger partial charge on any atom is -0.469 e. The number of hydrogen-bond donors (Lipinski definition) is 2. The maximum atomic E-state index is 10.9. The van der Waals surface area contributed by atoms with Crippen molar-refractivity contribution in [3.8, 4) is 0 Å². The molecule has 5 heteroatoms. The molecule has 0 saturated heterocycles. The molecule has 1 rings (SSSR count). The van der Waals surface area contributed by atoms with Crippen LogP contribution in [0.2, 0.25) is 0 Å². The van der Waals surface area contributed by atoms with E-state index in [9.17, 15) is 4.79 Å². The molecule has 0 amide bonds. The van der Waals surface area contributed by atoms with Crippen LogP contribution in [0.3, 0.4) is 0 Å². The first-order valence-electron chi connectivity index (χ1n) is 4.65. The van der Waals surface area contributed by atoms with E-state index in [1.807, 2.05) is 0 Å². The van der Waals surface area contributed by atoms with Gasteiger partial charge in [-0.2, -0.15) is 0 Å². The van der Waals surface area contributed by atoms with E-state index in [1.54, 1.807) is 24.3 Å². The van der Waals surface area contributed by atoms with Gasteiger partial charge in [-0.05, 0) is 17.4 Å². The Balaban J connectivity index is 0. The molecular weight excluding hydrogens is 195 g/mol. The fourth-order valence-corrected chi connectivity index (χ4v) is 1.20. The summed E-state index contributed by atoms with van der Waals surface area (Å²) in [6, 6.07) is 6.77. The van der Waals surface area contributed by atoms with E-state index in [0.29, 0.717) is 18.3 Å². The van der Waals surface area contributed by atoms with Crippen LogP contribution < -0.4 is 5.46 Å². The monoisotopic (exact) mass is 212 g/mol. The van der Waals surface area contributed by atoms with E-state index in [-0.39, 0.29) is 8.82 Å². The third kappa shape index (κ3) is 3.73. The second kappa shape index (κ2) is 5.53. The van der Waals surface area contributed by atoms with Crippen molar-refractivity contribution in [2.75, 3.05) is 7.11 Å². The molecule has 0 aromatic heterocycles. The predicted octanol–water partition coefficient (Wildman–Crippen LogP) is -0.0360. The molecule has 0 spiro atoms. The SMILES string of the molecule is COC(=O)CCc1ccc(B(O)O)cc1.[HH].[HH]. The van der Waals surface area contributed by atoms with Crippen molar-refractivity contribution in [1.29, 1.82) is 0 Å². The number of methoxy groups -OCH3 is 1. The van der Waals surface area contributed by atoms with Crippen molar-refractivity contribution < 1.29 is 22.4 Å². The van der Waals surface area contributed by atoms with Crippen LogP contribution in [0.4, 0.5) is 0 Å². The smallest absolute Gasteiger partial charge is 0.469 e. The van der Waals surface area contributed by atoms with Crippen LogP contribution in [0.25, 0.3) is 0 Å². The topological polar surface area (TPSA) is 66.8 Å². The zero-order valence-corrected chi connectivity index (χ0v) is 8.51. The van der Waals surface area contributed by atoms with Gasteiger partial charge in [0.15, 0.2) is 0 Å². The lowest BCUT2D eigenvalue weighted by Gasteiger charge is -2.02. The number of rotatable bonds is 4. The van der Waals surface area contributed by atoms with Crippen molar-refractivity contribution in [2.24, 2.45) is 0 Å². The zero-order valence-electron chi connectivity index (χ0n) is 8.51. The minimum atomic E-state index is -1.44. The van der Waals surface area contributed by atoms with Crippen LogP contribution in [0.1, 0.15) is 14.8 Å². The van der Waals surface area contributed by atoms with Crippen molar-refractivity contribution in [3.05, 3.63) is 29.8 Å². The quantitative estimate of drug-likeness (QED) is 0.543. The summed E-state index contributed by atoms with van der Waals surface area (Å²) in [4.78, 5) is 10.9. The molecule has 15 heavy (non-hydrogen) atoms. The standard InChI is InChI=1S/C10H13BO4.2H2/c1-15-10(12)7-4-8-2-5-9(6-3-8)11(13)14;;/h2-3,5-6,13-14H,4,7H2,1H3;2*1H. The molecule has 0 heterocycles. The van der Waals surface area contributed by atoms with Gasteiger partial charge in [0.1, 0.15) is 0 Å². The number of ether oxygens (including phenoxy) is 1. The van der Waals surface area contributed by atoms with E-state index >= 15 is 0 Å². The molecule has 0 fully saturated rings. The van der Waals surface area contributed by atoms with Gasteiger partial charge in [0, 0.05) is 9.27 Å². The molecule has 0 radical (unpaired) electrons. The number of carbonyl (C=O) groups is 1. The Morgan fingerprint density at radius 3 is 2.47 bits per heavy atom. The van der Waals surface area contributed by atoms with E-state index in [1.165, 1.54) is 7.11 Å². The number of aryl methyl sites for hydroxylation is 1. The second-order valence-electron chi connectivity index (χ2n) is 3.19. The summed E-state index contributed by atoms with van der Waals surface area (Å²) in [5.41, 5.74) is 1.40. The number of carbonyl (C=O) groups excluding carboxylic acids is 1. The van der Waals surface area contributed by atoms with Crippen molar-refractivity contribution >= 4 is 18.6 Å². The van der Waals surface area contributed by atoms with E-state index < -0.39 is 7.12 Å². The zero-order chi connectivity index (χ0) is 11.3. The van der Waals surface area contributed by atoms with Gasteiger partial charge in [-0.3, -0.25) is 4.79 Å². The van der Waals surface area contributed by atoms with Gasteiger partial charge >= 0.3 is 13.1 Å². The Kier molecular flexibility index (Phi) is 4.33. The fraction of sp³-hybridized carbons (Fsp3) is 0.300. The molecule has 0 aliphatic rings. The lowest BCUT2D eigenvalue weighted by molar-refractivity contribution is -0.140. The Morgan fingerprint density at radius 1 is 1.40 bits per heavy atom. The lowest BCUT2D eigenvalue weighted by atomic mass is 9.80. The van der Waals surface area contributed by atoms with Gasteiger partial charge in [-0.1, -0.05) is 24.3 Å². The molecule has 1 aromatic carbocycles. The summed E-state index contributed by atoms with van der Waals surface area (Å²) in [5, 5.41) is 17.7. The van der Waals surface area contributed by atoms with Crippen LogP contribution >= 0.6 is 0 Å². The maximum Gasteiger partial charge on any atom is 0.488 e. The number of hydrogen-bond acceptors (Lipinski definition) is 4. The maximum absolute atomic E-state index is 10.9. The summed E-state index contributed by atoms with van der Waals surface area (Å²) in [6.07, 6.45) is 0.923. The van der Waals surface area contributed by atoms with E-state index in [2.05, 4.69) is 4.74 Å². The van der Waals surface area contributed by atoms with Crippen molar-refractivity contribution in [1.82, 2.24) is 0 Å². The fourth-order valence-electron chi connectivity index (χ4n) is 1.20. The average molecular weight is 212 g/mol. The van der Waals surface area contributed by atoms with E-state index in [4.69, 9.17) is 10.0 Å². The molecule has 0 bridgehead atoms. The summed E-state index contributed by atoms with van der Waals surface area (Å²) in [5.74, 6) is -0.249. The number of esters is 1. The van der Waals surface area contributed by atoms with Gasteiger partial charge in [0.2, 0.25) is 0 Å². The van der Waals surface area contributed by atoms with Crippen LogP contribution in [-0.4, -0.2) is 30.2 Å².